The number of hydrogen-bond acceptors (Lipinski definition) is 3. The number of nitrogens with zero attached hydrogens (tertiary/aromatic N) is 1. The molecule has 0 saturated heterocycles. The molecule has 0 spiro atoms. The lowest BCUT2D eigenvalue weighted by atomic mass is 10.1. The maximum atomic E-state index is 5.09. The van der Waals surface area contributed by atoms with Crippen LogP contribution in [0.3, 0.4) is 0 Å². The van der Waals surface area contributed by atoms with Gasteiger partial charge >= 0.3 is 0 Å². The molecule has 0 aliphatic heterocycles. The van der Waals surface area contributed by atoms with E-state index >= 15 is 0 Å². The third-order valence-corrected chi connectivity index (χ3v) is 3.78. The van der Waals surface area contributed by atoms with Gasteiger partial charge in [-0.1, -0.05) is 19.9 Å². The van der Waals surface area contributed by atoms with Crippen LogP contribution in [-0.2, 0) is 11.3 Å². The van der Waals surface area contributed by atoms with E-state index in [1.807, 2.05) is 0 Å². The number of benzene rings is 1. The minimum Gasteiger partial charge on any atom is -0.385 e. The fraction of sp³-hybridized carbons (Fsp3) is 0.625. The Hall–Kier alpha value is -0.580. The maximum Gasteiger partial charge on any atom is 0.0508 e. The van der Waals surface area contributed by atoms with Crippen LogP contribution >= 0.6 is 15.9 Å². The van der Waals surface area contributed by atoms with Crippen LogP contribution in [0.5, 0.6) is 0 Å². The molecule has 0 unspecified atom stereocenters. The van der Waals surface area contributed by atoms with E-state index in [2.05, 4.69) is 65.2 Å². The van der Waals surface area contributed by atoms with Crippen LogP contribution in [0.4, 0.5) is 5.69 Å². The Balaban J connectivity index is 2.54. The second kappa shape index (κ2) is 9.37. The smallest absolute Gasteiger partial charge is 0.0508 e. The van der Waals surface area contributed by atoms with E-state index in [1.54, 1.807) is 7.11 Å². The Morgan fingerprint density at radius 2 is 2.10 bits per heavy atom. The second-order valence-corrected chi connectivity index (χ2v) is 6.43. The normalized spacial score (nSPS) is 11.1. The van der Waals surface area contributed by atoms with Crippen LogP contribution in [0.25, 0.3) is 0 Å². The fourth-order valence-corrected chi connectivity index (χ4v) is 2.77. The second-order valence-electron chi connectivity index (χ2n) is 5.58. The highest BCUT2D eigenvalue weighted by Crippen LogP contribution is 2.26. The van der Waals surface area contributed by atoms with Crippen molar-refractivity contribution in [2.24, 2.45) is 5.92 Å². The third kappa shape index (κ3) is 6.25. The fourth-order valence-electron chi connectivity index (χ4n) is 2.04. The molecule has 0 fully saturated rings. The van der Waals surface area contributed by atoms with E-state index < -0.39 is 0 Å². The van der Waals surface area contributed by atoms with Gasteiger partial charge in [-0.25, -0.2) is 0 Å². The summed E-state index contributed by atoms with van der Waals surface area (Å²) < 4.78 is 6.25. The standard InChI is InChI=1S/C16H27BrN2O/c1-13(2)11-18-12-14-6-7-16(15(17)10-14)19(3)8-5-9-20-4/h6-7,10,13,18H,5,8-9,11-12H2,1-4H3. The van der Waals surface area contributed by atoms with Gasteiger partial charge in [0.05, 0.1) is 5.69 Å². The average Bonchev–Trinajstić information content (AvgIpc) is 2.38. The van der Waals surface area contributed by atoms with Gasteiger partial charge in [0.2, 0.25) is 0 Å². The zero-order chi connectivity index (χ0) is 15.0. The Bertz CT molecular complexity index is 396. The SMILES string of the molecule is COCCCN(C)c1ccc(CNCC(C)C)cc1Br. The largest absolute Gasteiger partial charge is 0.385 e. The van der Waals surface area contributed by atoms with Crippen molar-refractivity contribution in [3.8, 4) is 0 Å². The monoisotopic (exact) mass is 342 g/mol. The van der Waals surface area contributed by atoms with Gasteiger partial charge in [0, 0.05) is 38.3 Å². The molecular formula is C16H27BrN2O. The zero-order valence-corrected chi connectivity index (χ0v) is 14.7. The number of ether oxygens (including phenoxy) is 1. The first-order chi connectivity index (χ1) is 9.54. The summed E-state index contributed by atoms with van der Waals surface area (Å²) in [6.07, 6.45) is 1.04. The van der Waals surface area contributed by atoms with E-state index in [0.29, 0.717) is 5.92 Å². The summed E-state index contributed by atoms with van der Waals surface area (Å²) in [5.74, 6) is 0.685. The molecule has 0 aromatic heterocycles. The van der Waals surface area contributed by atoms with Crippen molar-refractivity contribution in [2.45, 2.75) is 26.8 Å². The Labute approximate surface area is 131 Å². The van der Waals surface area contributed by atoms with Crippen molar-refractivity contribution in [3.63, 3.8) is 0 Å². The molecule has 0 aliphatic carbocycles. The highest BCUT2D eigenvalue weighted by molar-refractivity contribution is 9.10. The molecule has 20 heavy (non-hydrogen) atoms. The molecule has 4 heteroatoms. The molecule has 0 bridgehead atoms. The molecule has 0 heterocycles. The van der Waals surface area contributed by atoms with Gasteiger partial charge in [0.1, 0.15) is 0 Å². The summed E-state index contributed by atoms with van der Waals surface area (Å²) in [6.45, 7) is 8.22. The number of halogens is 1. The molecule has 3 nitrogen and oxygen atoms in total. The van der Waals surface area contributed by atoms with Crippen LogP contribution < -0.4 is 10.2 Å². The number of nitrogens with one attached hydrogen (secondary N) is 1. The molecule has 1 aromatic carbocycles. The molecule has 0 radical (unpaired) electrons. The number of methoxy groups -OCH3 is 1. The van der Waals surface area contributed by atoms with Crippen LogP contribution in [0.1, 0.15) is 25.8 Å². The first kappa shape index (κ1) is 17.5. The number of hydrogen-bond donors (Lipinski definition) is 1. The first-order valence-corrected chi connectivity index (χ1v) is 8.03. The van der Waals surface area contributed by atoms with Crippen molar-refractivity contribution < 1.29 is 4.74 Å². The zero-order valence-electron chi connectivity index (χ0n) is 13.1. The topological polar surface area (TPSA) is 24.5 Å². The Kier molecular flexibility index (Phi) is 8.19. The summed E-state index contributed by atoms with van der Waals surface area (Å²) in [5, 5.41) is 3.47. The number of anilines is 1. The lowest BCUT2D eigenvalue weighted by Gasteiger charge is -2.21. The van der Waals surface area contributed by atoms with E-state index in [0.717, 1.165) is 37.1 Å². The predicted octanol–water partition coefficient (Wildman–Crippen LogP) is 3.67. The van der Waals surface area contributed by atoms with Gasteiger partial charge in [-0.3, -0.25) is 0 Å². The van der Waals surface area contributed by atoms with Gasteiger partial charge in [0.15, 0.2) is 0 Å². The van der Waals surface area contributed by atoms with Crippen molar-refractivity contribution in [1.29, 1.82) is 0 Å². The van der Waals surface area contributed by atoms with Crippen LogP contribution in [0, 0.1) is 5.92 Å². The summed E-state index contributed by atoms with van der Waals surface area (Å²) in [7, 11) is 3.86. The highest BCUT2D eigenvalue weighted by atomic mass is 79.9. The van der Waals surface area contributed by atoms with E-state index in [4.69, 9.17) is 4.74 Å². The minimum absolute atomic E-state index is 0.685. The summed E-state index contributed by atoms with van der Waals surface area (Å²) in [6, 6.07) is 6.58. The molecule has 1 rings (SSSR count). The third-order valence-electron chi connectivity index (χ3n) is 3.15. The average molecular weight is 343 g/mol. The molecule has 0 saturated carbocycles. The van der Waals surface area contributed by atoms with Crippen molar-refractivity contribution in [2.75, 3.05) is 38.8 Å². The minimum atomic E-state index is 0.685. The Morgan fingerprint density at radius 1 is 1.35 bits per heavy atom. The van der Waals surface area contributed by atoms with E-state index in [1.165, 1.54) is 11.3 Å². The van der Waals surface area contributed by atoms with Crippen molar-refractivity contribution in [1.82, 2.24) is 5.32 Å². The predicted molar refractivity (Wildman–Crippen MR) is 90.4 cm³/mol. The van der Waals surface area contributed by atoms with Gasteiger partial charge in [0.25, 0.3) is 0 Å². The quantitative estimate of drug-likeness (QED) is 0.693. The summed E-state index contributed by atoms with van der Waals surface area (Å²) in [5.41, 5.74) is 2.54. The van der Waals surface area contributed by atoms with Crippen molar-refractivity contribution >= 4 is 21.6 Å². The molecule has 1 aromatic rings. The van der Waals surface area contributed by atoms with Crippen LogP contribution in [-0.4, -0.2) is 33.9 Å². The van der Waals surface area contributed by atoms with Crippen molar-refractivity contribution in [3.05, 3.63) is 28.2 Å². The molecular weight excluding hydrogens is 316 g/mol. The van der Waals surface area contributed by atoms with Crippen LogP contribution in [0.15, 0.2) is 22.7 Å². The van der Waals surface area contributed by atoms with Gasteiger partial charge in [-0.2, -0.15) is 0 Å². The molecule has 114 valence electrons. The first-order valence-electron chi connectivity index (χ1n) is 7.23. The van der Waals surface area contributed by atoms with E-state index in [9.17, 15) is 0 Å². The molecule has 1 N–H and O–H groups in total. The highest BCUT2D eigenvalue weighted by Gasteiger charge is 2.06. The molecule has 0 atom stereocenters. The molecule has 0 aliphatic rings. The Morgan fingerprint density at radius 3 is 2.70 bits per heavy atom. The lowest BCUT2D eigenvalue weighted by Crippen LogP contribution is -2.21. The van der Waals surface area contributed by atoms with Crippen LogP contribution in [0.2, 0.25) is 0 Å². The van der Waals surface area contributed by atoms with Gasteiger partial charge in [-0.05, 0) is 52.5 Å². The van der Waals surface area contributed by atoms with Gasteiger partial charge < -0.3 is 15.0 Å². The lowest BCUT2D eigenvalue weighted by molar-refractivity contribution is 0.196. The summed E-state index contributed by atoms with van der Waals surface area (Å²) >= 11 is 3.68. The number of rotatable bonds is 9. The van der Waals surface area contributed by atoms with E-state index in [-0.39, 0.29) is 0 Å². The molecule has 0 amide bonds. The van der Waals surface area contributed by atoms with Gasteiger partial charge in [-0.15, -0.1) is 0 Å². The summed E-state index contributed by atoms with van der Waals surface area (Å²) in [4.78, 5) is 2.26. The maximum absolute atomic E-state index is 5.09.